The molecule has 1 aromatic heterocycles. The summed E-state index contributed by atoms with van der Waals surface area (Å²) in [4.78, 5) is 28.3. The van der Waals surface area contributed by atoms with Crippen molar-refractivity contribution in [1.82, 2.24) is 15.1 Å². The van der Waals surface area contributed by atoms with E-state index in [0.717, 1.165) is 36.1 Å². The third-order valence-electron chi connectivity index (χ3n) is 4.84. The van der Waals surface area contributed by atoms with Gasteiger partial charge in [0, 0.05) is 24.3 Å². The van der Waals surface area contributed by atoms with Crippen molar-refractivity contribution in [1.29, 1.82) is 0 Å². The minimum atomic E-state index is -0.301. The third-order valence-corrected chi connectivity index (χ3v) is 5.64. The largest absolute Gasteiger partial charge is 0.411 e. The van der Waals surface area contributed by atoms with Crippen LogP contribution in [0.3, 0.4) is 0 Å². The average molecular weight is 408 g/mol. The van der Waals surface area contributed by atoms with E-state index in [1.165, 1.54) is 4.90 Å². The van der Waals surface area contributed by atoms with Gasteiger partial charge in [0.15, 0.2) is 0 Å². The zero-order chi connectivity index (χ0) is 20.4. The molecule has 1 aliphatic heterocycles. The molecule has 8 heteroatoms. The molecule has 3 aromatic rings. The first-order valence-corrected chi connectivity index (χ1v) is 10.4. The first-order valence-electron chi connectivity index (χ1n) is 9.39. The summed E-state index contributed by atoms with van der Waals surface area (Å²) in [7, 11) is 0. The number of rotatable bonds is 7. The van der Waals surface area contributed by atoms with Gasteiger partial charge in [-0.3, -0.25) is 14.5 Å². The van der Waals surface area contributed by atoms with Crippen molar-refractivity contribution in [2.45, 2.75) is 19.1 Å². The van der Waals surface area contributed by atoms with E-state index in [1.54, 1.807) is 24.3 Å². The Balaban J connectivity index is 1.43. The standard InChI is InChI=1S/C21H20N4O3S/c1-3-24(4-2)15-11-9-14(10-12-15)18-22-23-21(28-18)29-13-25-19(26)16-7-5-6-8-17(16)20(25)27/h5-12H,3-4,13H2,1-2H3. The summed E-state index contributed by atoms with van der Waals surface area (Å²) in [5, 5.41) is 8.42. The van der Waals surface area contributed by atoms with Gasteiger partial charge >= 0.3 is 0 Å². The molecule has 29 heavy (non-hydrogen) atoms. The predicted octanol–water partition coefficient (Wildman–Crippen LogP) is 3.93. The molecule has 0 atom stereocenters. The van der Waals surface area contributed by atoms with E-state index in [4.69, 9.17) is 4.42 Å². The molecule has 4 rings (SSSR count). The van der Waals surface area contributed by atoms with Gasteiger partial charge in [0.25, 0.3) is 17.0 Å². The number of carbonyl (C=O) groups excluding carboxylic acids is 2. The van der Waals surface area contributed by atoms with Crippen molar-refractivity contribution in [2.24, 2.45) is 0 Å². The number of hydrogen-bond donors (Lipinski definition) is 0. The van der Waals surface area contributed by atoms with Gasteiger partial charge in [0.05, 0.1) is 17.0 Å². The zero-order valence-corrected chi connectivity index (χ0v) is 17.0. The Morgan fingerprint density at radius 2 is 1.55 bits per heavy atom. The highest BCUT2D eigenvalue weighted by Crippen LogP contribution is 2.29. The van der Waals surface area contributed by atoms with Crippen LogP contribution in [-0.4, -0.2) is 45.9 Å². The Morgan fingerprint density at radius 3 is 2.14 bits per heavy atom. The van der Waals surface area contributed by atoms with Crippen LogP contribution in [0.25, 0.3) is 11.5 Å². The number of anilines is 1. The lowest BCUT2D eigenvalue weighted by atomic mass is 10.1. The zero-order valence-electron chi connectivity index (χ0n) is 16.2. The first kappa shape index (κ1) is 19.2. The molecule has 2 amide bonds. The minimum absolute atomic E-state index is 0.120. The number of hydrogen-bond acceptors (Lipinski definition) is 7. The van der Waals surface area contributed by atoms with E-state index in [0.29, 0.717) is 22.2 Å². The van der Waals surface area contributed by atoms with Crippen LogP contribution >= 0.6 is 11.8 Å². The molecule has 7 nitrogen and oxygen atoms in total. The topological polar surface area (TPSA) is 79.5 Å². The van der Waals surface area contributed by atoms with Gasteiger partial charge in [0.1, 0.15) is 0 Å². The van der Waals surface area contributed by atoms with Crippen LogP contribution in [0.15, 0.2) is 58.2 Å². The monoisotopic (exact) mass is 408 g/mol. The molecular weight excluding hydrogens is 388 g/mol. The third kappa shape index (κ3) is 3.63. The van der Waals surface area contributed by atoms with Crippen molar-refractivity contribution >= 4 is 29.3 Å². The summed E-state index contributed by atoms with van der Waals surface area (Å²) in [6.45, 7) is 6.12. The number of aromatic nitrogens is 2. The van der Waals surface area contributed by atoms with Crippen molar-refractivity contribution < 1.29 is 14.0 Å². The van der Waals surface area contributed by atoms with E-state index >= 15 is 0 Å². The van der Waals surface area contributed by atoms with Crippen molar-refractivity contribution in [3.8, 4) is 11.5 Å². The van der Waals surface area contributed by atoms with Gasteiger partial charge in [0.2, 0.25) is 5.89 Å². The molecule has 0 saturated heterocycles. The smallest absolute Gasteiger partial charge is 0.278 e. The van der Waals surface area contributed by atoms with Gasteiger partial charge in [-0.25, -0.2) is 0 Å². The maximum Gasteiger partial charge on any atom is 0.278 e. The fourth-order valence-corrected chi connectivity index (χ4v) is 3.97. The van der Waals surface area contributed by atoms with Gasteiger partial charge in [-0.1, -0.05) is 12.1 Å². The Hall–Kier alpha value is -3.13. The highest BCUT2D eigenvalue weighted by atomic mass is 32.2. The van der Waals surface area contributed by atoms with E-state index in [1.807, 2.05) is 24.3 Å². The number of nitrogens with zero attached hydrogens (tertiary/aromatic N) is 4. The van der Waals surface area contributed by atoms with Crippen molar-refractivity contribution in [3.05, 3.63) is 59.7 Å². The number of thioether (sulfide) groups is 1. The summed E-state index contributed by atoms with van der Waals surface area (Å²) in [6, 6.07) is 14.8. The van der Waals surface area contributed by atoms with Crippen LogP contribution < -0.4 is 4.90 Å². The summed E-state index contributed by atoms with van der Waals surface area (Å²) in [5.41, 5.74) is 2.81. The second-order valence-corrected chi connectivity index (χ2v) is 7.35. The molecule has 0 fully saturated rings. The van der Waals surface area contributed by atoms with Crippen LogP contribution in [0.2, 0.25) is 0 Å². The maximum atomic E-state index is 12.4. The second-order valence-electron chi connectivity index (χ2n) is 6.45. The average Bonchev–Trinajstić information content (AvgIpc) is 3.32. The lowest BCUT2D eigenvalue weighted by Gasteiger charge is -2.20. The number of carbonyl (C=O) groups is 2. The molecule has 0 aliphatic carbocycles. The SMILES string of the molecule is CCN(CC)c1ccc(-c2nnc(SCN3C(=O)c4ccccc4C3=O)o2)cc1. The van der Waals surface area contributed by atoms with Crippen LogP contribution in [-0.2, 0) is 0 Å². The molecule has 0 radical (unpaired) electrons. The lowest BCUT2D eigenvalue weighted by molar-refractivity contribution is 0.0684. The number of fused-ring (bicyclic) bond motifs is 1. The van der Waals surface area contributed by atoms with E-state index in [2.05, 4.69) is 28.9 Å². The van der Waals surface area contributed by atoms with Gasteiger partial charge < -0.3 is 9.32 Å². The van der Waals surface area contributed by atoms with Gasteiger partial charge in [-0.2, -0.15) is 0 Å². The maximum absolute atomic E-state index is 12.4. The predicted molar refractivity (Wildman–Crippen MR) is 111 cm³/mol. The molecule has 148 valence electrons. The summed E-state index contributed by atoms with van der Waals surface area (Å²) < 4.78 is 5.71. The van der Waals surface area contributed by atoms with E-state index in [9.17, 15) is 9.59 Å². The van der Waals surface area contributed by atoms with Gasteiger partial charge in [-0.05, 0) is 62.0 Å². The number of imide groups is 1. The normalized spacial score (nSPS) is 13.1. The Morgan fingerprint density at radius 1 is 0.931 bits per heavy atom. The van der Waals surface area contributed by atoms with E-state index in [-0.39, 0.29) is 17.7 Å². The van der Waals surface area contributed by atoms with Crippen molar-refractivity contribution in [3.63, 3.8) is 0 Å². The first-order chi connectivity index (χ1) is 14.1. The van der Waals surface area contributed by atoms with Crippen molar-refractivity contribution in [2.75, 3.05) is 23.9 Å². The molecule has 0 saturated carbocycles. The highest BCUT2D eigenvalue weighted by Gasteiger charge is 2.35. The molecule has 2 aromatic carbocycles. The molecule has 2 heterocycles. The molecular formula is C21H20N4O3S. The quantitative estimate of drug-likeness (QED) is 0.433. The fourth-order valence-electron chi connectivity index (χ4n) is 3.26. The molecule has 0 bridgehead atoms. The fraction of sp³-hybridized carbons (Fsp3) is 0.238. The Bertz CT molecular complexity index is 1010. The number of benzene rings is 2. The van der Waals surface area contributed by atoms with Gasteiger partial charge in [-0.15, -0.1) is 10.2 Å². The van der Waals surface area contributed by atoms with Crippen LogP contribution in [0.4, 0.5) is 5.69 Å². The molecule has 0 N–H and O–H groups in total. The Kier molecular flexibility index (Phi) is 5.35. The van der Waals surface area contributed by atoms with E-state index < -0.39 is 0 Å². The second kappa shape index (κ2) is 8.08. The van der Waals surface area contributed by atoms with Crippen LogP contribution in [0.5, 0.6) is 0 Å². The minimum Gasteiger partial charge on any atom is -0.411 e. The Labute approximate surface area is 172 Å². The van der Waals surface area contributed by atoms with Crippen LogP contribution in [0.1, 0.15) is 34.6 Å². The number of amides is 2. The van der Waals surface area contributed by atoms with Crippen LogP contribution in [0, 0.1) is 0 Å². The summed E-state index contributed by atoms with van der Waals surface area (Å²) in [5.74, 6) is -0.0786. The summed E-state index contributed by atoms with van der Waals surface area (Å²) in [6.07, 6.45) is 0. The lowest BCUT2D eigenvalue weighted by Crippen LogP contribution is -2.29. The molecule has 0 unspecified atom stereocenters. The molecule has 0 spiro atoms. The highest BCUT2D eigenvalue weighted by molar-refractivity contribution is 7.99. The summed E-state index contributed by atoms with van der Waals surface area (Å²) >= 11 is 1.16. The molecule has 1 aliphatic rings.